The third kappa shape index (κ3) is 2.82. The van der Waals surface area contributed by atoms with E-state index < -0.39 is 6.09 Å². The van der Waals surface area contributed by atoms with Crippen molar-refractivity contribution in [1.29, 1.82) is 0 Å². The van der Waals surface area contributed by atoms with Crippen molar-refractivity contribution in [1.82, 2.24) is 5.32 Å². The zero-order valence-corrected chi connectivity index (χ0v) is 15.1. The number of carboxylic acid groups (broad SMARTS) is 1. The molecule has 0 radical (unpaired) electrons. The normalized spacial score (nSPS) is 27.1. The largest absolute Gasteiger partial charge is 0.494 e. The molecule has 2 N–H and O–H groups in total. The van der Waals surface area contributed by atoms with Gasteiger partial charge in [-0.25, -0.2) is 4.79 Å². The van der Waals surface area contributed by atoms with Gasteiger partial charge in [0.15, 0.2) is 0 Å². The molecule has 0 spiro atoms. The van der Waals surface area contributed by atoms with Crippen LogP contribution in [0.3, 0.4) is 0 Å². The van der Waals surface area contributed by atoms with Crippen LogP contribution in [0.1, 0.15) is 52.2 Å². The molecule has 0 aromatic heterocycles. The van der Waals surface area contributed by atoms with E-state index in [0.717, 1.165) is 18.3 Å². The average molecular weight is 331 g/mol. The fraction of sp³-hybridized carbons (Fsp3) is 0.611. The summed E-state index contributed by atoms with van der Waals surface area (Å²) in [4.78, 5) is 10.8. The minimum absolute atomic E-state index is 0.151. The van der Waals surface area contributed by atoms with Crippen LogP contribution in [0.5, 0.6) is 0 Å². The van der Waals surface area contributed by atoms with Gasteiger partial charge in [-0.1, -0.05) is 25.1 Å². The van der Waals surface area contributed by atoms with E-state index in [1.807, 2.05) is 6.07 Å². The van der Waals surface area contributed by atoms with Gasteiger partial charge < -0.3 is 19.7 Å². The molecule has 0 saturated carbocycles. The Morgan fingerprint density at radius 2 is 1.83 bits per heavy atom. The summed E-state index contributed by atoms with van der Waals surface area (Å²) in [5.74, 6) is 0. The van der Waals surface area contributed by atoms with Crippen LogP contribution >= 0.6 is 0 Å². The van der Waals surface area contributed by atoms with Crippen LogP contribution in [0.4, 0.5) is 4.79 Å². The van der Waals surface area contributed by atoms with Crippen LogP contribution in [-0.2, 0) is 21.1 Å². The highest BCUT2D eigenvalue weighted by molar-refractivity contribution is 6.62. The molecule has 1 heterocycles. The summed E-state index contributed by atoms with van der Waals surface area (Å²) in [6.07, 6.45) is 0.911. The number of carbonyl (C=O) groups is 1. The van der Waals surface area contributed by atoms with Gasteiger partial charge in [-0.2, -0.15) is 0 Å². The molecule has 1 atom stereocenters. The van der Waals surface area contributed by atoms with Gasteiger partial charge in [0.1, 0.15) is 0 Å². The van der Waals surface area contributed by atoms with Crippen molar-refractivity contribution in [3.63, 3.8) is 0 Å². The Balaban J connectivity index is 1.83. The third-order valence-electron chi connectivity index (χ3n) is 5.88. The van der Waals surface area contributed by atoms with Gasteiger partial charge in [0.05, 0.1) is 11.2 Å². The lowest BCUT2D eigenvalue weighted by Crippen LogP contribution is -2.41. The SMILES string of the molecule is CC1(CNC(=O)O)CCc2cc(B3OC(C)(C)C(C)(C)O3)ccc21. The fourth-order valence-corrected chi connectivity index (χ4v) is 3.53. The number of fused-ring (bicyclic) bond motifs is 1. The van der Waals surface area contributed by atoms with Crippen molar-refractivity contribution in [2.75, 3.05) is 6.54 Å². The molecule has 1 unspecified atom stereocenters. The molecule has 1 aliphatic heterocycles. The fourth-order valence-electron chi connectivity index (χ4n) is 3.53. The lowest BCUT2D eigenvalue weighted by molar-refractivity contribution is 0.00578. The summed E-state index contributed by atoms with van der Waals surface area (Å²) in [6.45, 7) is 10.8. The van der Waals surface area contributed by atoms with Crippen LogP contribution in [-0.4, -0.2) is 36.1 Å². The van der Waals surface area contributed by atoms with Crippen molar-refractivity contribution < 1.29 is 19.2 Å². The number of amides is 1. The number of nitrogens with one attached hydrogen (secondary N) is 1. The predicted octanol–water partition coefficient (Wildman–Crippen LogP) is 2.46. The minimum Gasteiger partial charge on any atom is -0.465 e. The second kappa shape index (κ2) is 5.50. The van der Waals surface area contributed by atoms with Gasteiger partial charge in [0, 0.05) is 12.0 Å². The predicted molar refractivity (Wildman–Crippen MR) is 93.9 cm³/mol. The van der Waals surface area contributed by atoms with Crippen LogP contribution in [0.2, 0.25) is 0 Å². The van der Waals surface area contributed by atoms with Crippen molar-refractivity contribution in [3.05, 3.63) is 29.3 Å². The van der Waals surface area contributed by atoms with Crippen molar-refractivity contribution >= 4 is 18.7 Å². The maximum Gasteiger partial charge on any atom is 0.494 e. The highest BCUT2D eigenvalue weighted by Gasteiger charge is 2.52. The van der Waals surface area contributed by atoms with Gasteiger partial charge in [-0.3, -0.25) is 0 Å². The highest BCUT2D eigenvalue weighted by Crippen LogP contribution is 2.39. The number of benzene rings is 1. The standard InChI is InChI=1S/C18H26BNO4/c1-16(2)17(3,4)24-19(23-16)13-6-7-14-12(10-13)8-9-18(14,5)11-20-15(21)22/h6-7,10,20H,8-9,11H2,1-5H3,(H,21,22). The Hall–Kier alpha value is -1.53. The highest BCUT2D eigenvalue weighted by atomic mass is 16.7. The van der Waals surface area contributed by atoms with Crippen molar-refractivity contribution in [2.45, 2.75) is 64.1 Å². The van der Waals surface area contributed by atoms with E-state index in [2.05, 4.69) is 52.1 Å². The lowest BCUT2D eigenvalue weighted by Gasteiger charge is -2.32. The smallest absolute Gasteiger partial charge is 0.465 e. The van der Waals surface area contributed by atoms with Gasteiger partial charge in [0.25, 0.3) is 0 Å². The van der Waals surface area contributed by atoms with Gasteiger partial charge in [-0.05, 0) is 57.1 Å². The zero-order chi connectivity index (χ0) is 17.8. The molecule has 1 aromatic rings. The molecule has 1 aromatic carbocycles. The molecule has 3 rings (SSSR count). The maximum atomic E-state index is 10.8. The Bertz CT molecular complexity index is 657. The van der Waals surface area contributed by atoms with E-state index in [1.54, 1.807) is 0 Å². The molecule has 6 heteroatoms. The number of hydrogen-bond donors (Lipinski definition) is 2. The molecule has 1 saturated heterocycles. The van der Waals surface area contributed by atoms with E-state index >= 15 is 0 Å². The molecule has 1 fully saturated rings. The van der Waals surface area contributed by atoms with E-state index in [9.17, 15) is 4.79 Å². The maximum absolute atomic E-state index is 10.8. The summed E-state index contributed by atoms with van der Waals surface area (Å²) >= 11 is 0. The van der Waals surface area contributed by atoms with Crippen molar-refractivity contribution in [2.24, 2.45) is 0 Å². The molecule has 1 aliphatic carbocycles. The van der Waals surface area contributed by atoms with Crippen LogP contribution in [0, 0.1) is 0 Å². The molecule has 130 valence electrons. The third-order valence-corrected chi connectivity index (χ3v) is 5.88. The lowest BCUT2D eigenvalue weighted by atomic mass is 9.76. The summed E-state index contributed by atoms with van der Waals surface area (Å²) in [5, 5.41) is 11.4. The Kier molecular flexibility index (Phi) is 3.96. The minimum atomic E-state index is -0.974. The molecule has 5 nitrogen and oxygen atoms in total. The van der Waals surface area contributed by atoms with Gasteiger partial charge >= 0.3 is 13.2 Å². The van der Waals surface area contributed by atoms with Gasteiger partial charge in [-0.15, -0.1) is 0 Å². The van der Waals surface area contributed by atoms with Crippen molar-refractivity contribution in [3.8, 4) is 0 Å². The molecule has 2 aliphatic rings. The summed E-state index contributed by atoms with van der Waals surface area (Å²) in [7, 11) is -0.357. The Labute approximate surface area is 143 Å². The second-order valence-electron chi connectivity index (χ2n) is 8.22. The van der Waals surface area contributed by atoms with Gasteiger partial charge in [0.2, 0.25) is 0 Å². The molecule has 24 heavy (non-hydrogen) atoms. The first-order valence-corrected chi connectivity index (χ1v) is 8.50. The quantitative estimate of drug-likeness (QED) is 0.835. The topological polar surface area (TPSA) is 67.8 Å². The summed E-state index contributed by atoms with van der Waals surface area (Å²) in [5.41, 5.74) is 2.66. The average Bonchev–Trinajstić information content (AvgIpc) is 2.92. The summed E-state index contributed by atoms with van der Waals surface area (Å²) in [6, 6.07) is 6.31. The second-order valence-corrected chi connectivity index (χ2v) is 8.22. The zero-order valence-electron chi connectivity index (χ0n) is 15.1. The number of rotatable bonds is 3. The van der Waals surface area contributed by atoms with E-state index in [0.29, 0.717) is 6.54 Å². The Morgan fingerprint density at radius 3 is 2.42 bits per heavy atom. The van der Waals surface area contributed by atoms with E-state index in [1.165, 1.54) is 11.1 Å². The summed E-state index contributed by atoms with van der Waals surface area (Å²) < 4.78 is 12.3. The van der Waals surface area contributed by atoms with Crippen LogP contribution in [0.25, 0.3) is 0 Å². The molecule has 0 bridgehead atoms. The van der Waals surface area contributed by atoms with Crippen LogP contribution in [0.15, 0.2) is 18.2 Å². The van der Waals surface area contributed by atoms with Crippen LogP contribution < -0.4 is 10.8 Å². The Morgan fingerprint density at radius 1 is 1.21 bits per heavy atom. The first-order valence-electron chi connectivity index (χ1n) is 8.50. The molecule has 1 amide bonds. The first kappa shape index (κ1) is 17.3. The monoisotopic (exact) mass is 331 g/mol. The van der Waals surface area contributed by atoms with E-state index in [-0.39, 0.29) is 23.7 Å². The number of aryl methyl sites for hydroxylation is 1. The molecular weight excluding hydrogens is 305 g/mol. The first-order chi connectivity index (χ1) is 11.0. The van der Waals surface area contributed by atoms with E-state index in [4.69, 9.17) is 14.4 Å². The molecular formula is C18H26BNO4. The number of hydrogen-bond acceptors (Lipinski definition) is 3.